The minimum absolute atomic E-state index is 0.168. The number of nitrogens with one attached hydrogen (secondary N) is 1. The number of amides is 1. The van der Waals surface area contributed by atoms with Gasteiger partial charge in [0.05, 0.1) is 12.7 Å². The summed E-state index contributed by atoms with van der Waals surface area (Å²) in [6, 6.07) is 0.206. The first kappa shape index (κ1) is 20.0. The molecule has 0 saturated carbocycles. The number of aromatic nitrogens is 1. The molecule has 1 aromatic heterocycles. The van der Waals surface area contributed by atoms with E-state index in [1.807, 2.05) is 4.90 Å². The van der Waals surface area contributed by atoms with Gasteiger partial charge < -0.3 is 19.4 Å². The molecule has 0 unspecified atom stereocenters. The Morgan fingerprint density at radius 3 is 2.54 bits per heavy atom. The number of aromatic amines is 1. The number of hydrogen-bond acceptors (Lipinski definition) is 5. The van der Waals surface area contributed by atoms with Gasteiger partial charge in [0.1, 0.15) is 5.69 Å². The fourth-order valence-corrected chi connectivity index (χ4v) is 3.58. The van der Waals surface area contributed by atoms with Crippen molar-refractivity contribution in [2.24, 2.45) is 0 Å². The molecule has 1 aromatic rings. The van der Waals surface area contributed by atoms with Crippen LogP contribution >= 0.6 is 0 Å². The molecule has 2 atom stereocenters. The van der Waals surface area contributed by atoms with Crippen molar-refractivity contribution < 1.29 is 23.9 Å². The van der Waals surface area contributed by atoms with Crippen LogP contribution in [-0.2, 0) is 14.3 Å². The Hall–Kier alpha value is -2.31. The highest BCUT2D eigenvalue weighted by molar-refractivity contribution is 5.99. The van der Waals surface area contributed by atoms with E-state index >= 15 is 0 Å². The van der Waals surface area contributed by atoms with Crippen LogP contribution < -0.4 is 0 Å². The number of aryl methyl sites for hydroxylation is 1. The summed E-state index contributed by atoms with van der Waals surface area (Å²) in [6.07, 6.45) is 3.09. The third-order valence-corrected chi connectivity index (χ3v) is 5.04. The van der Waals surface area contributed by atoms with Gasteiger partial charge in [0, 0.05) is 18.3 Å². The zero-order valence-corrected chi connectivity index (χ0v) is 16.2. The highest BCUT2D eigenvalue weighted by atomic mass is 16.5. The van der Waals surface area contributed by atoms with Crippen LogP contribution in [0.15, 0.2) is 0 Å². The normalized spacial score (nSPS) is 18.3. The van der Waals surface area contributed by atoms with Gasteiger partial charge in [-0.05, 0) is 52.0 Å². The molecule has 1 aliphatic rings. The maximum absolute atomic E-state index is 12.7. The van der Waals surface area contributed by atoms with Gasteiger partial charge in [-0.2, -0.15) is 0 Å². The maximum Gasteiger partial charge on any atom is 0.355 e. The van der Waals surface area contributed by atoms with Crippen LogP contribution in [0.25, 0.3) is 0 Å². The number of nitrogens with zero attached hydrogens (tertiary/aromatic N) is 1. The average molecular weight is 364 g/mol. The van der Waals surface area contributed by atoms with E-state index in [2.05, 4.69) is 11.9 Å². The molecule has 2 rings (SSSR count). The van der Waals surface area contributed by atoms with Gasteiger partial charge in [0.15, 0.2) is 6.10 Å². The topological polar surface area (TPSA) is 88.7 Å². The van der Waals surface area contributed by atoms with E-state index in [1.54, 1.807) is 20.8 Å². The van der Waals surface area contributed by atoms with Gasteiger partial charge in [-0.3, -0.25) is 4.79 Å². The van der Waals surface area contributed by atoms with Crippen molar-refractivity contribution in [2.45, 2.75) is 65.5 Å². The largest absolute Gasteiger partial charge is 0.465 e. The molecule has 0 aromatic carbocycles. The summed E-state index contributed by atoms with van der Waals surface area (Å²) in [6.45, 7) is 7.69. The highest BCUT2D eigenvalue weighted by Crippen LogP contribution is 2.23. The Bertz CT molecular complexity index is 694. The molecular formula is C19H28N2O5. The number of piperidine rings is 1. The van der Waals surface area contributed by atoms with Gasteiger partial charge in [0.25, 0.3) is 5.91 Å². The molecule has 1 amide bonds. The summed E-state index contributed by atoms with van der Waals surface area (Å²) < 4.78 is 10.1. The van der Waals surface area contributed by atoms with Crippen LogP contribution in [0.1, 0.15) is 71.6 Å². The fraction of sp³-hybridized carbons (Fsp3) is 0.632. The molecule has 1 fully saturated rings. The van der Waals surface area contributed by atoms with E-state index in [1.165, 1.54) is 7.11 Å². The van der Waals surface area contributed by atoms with Crippen LogP contribution in [0.4, 0.5) is 0 Å². The minimum Gasteiger partial charge on any atom is -0.465 e. The van der Waals surface area contributed by atoms with Crippen LogP contribution in [0.2, 0.25) is 0 Å². The zero-order valence-electron chi connectivity index (χ0n) is 16.2. The molecule has 7 heteroatoms. The predicted octanol–water partition coefficient (Wildman–Crippen LogP) is 2.75. The molecule has 0 spiro atoms. The summed E-state index contributed by atoms with van der Waals surface area (Å²) >= 11 is 0. The van der Waals surface area contributed by atoms with Crippen molar-refractivity contribution in [2.75, 3.05) is 13.7 Å². The second-order valence-corrected chi connectivity index (χ2v) is 6.75. The number of carbonyl (C=O) groups is 3. The maximum atomic E-state index is 12.7. The Morgan fingerprint density at radius 2 is 1.92 bits per heavy atom. The van der Waals surface area contributed by atoms with E-state index in [-0.39, 0.29) is 17.6 Å². The van der Waals surface area contributed by atoms with Crippen molar-refractivity contribution in [1.29, 1.82) is 0 Å². The van der Waals surface area contributed by atoms with Crippen LogP contribution in [0, 0.1) is 13.8 Å². The summed E-state index contributed by atoms with van der Waals surface area (Å²) in [4.78, 5) is 41.8. The monoisotopic (exact) mass is 364 g/mol. The number of H-pyrrole nitrogens is 1. The van der Waals surface area contributed by atoms with Crippen LogP contribution in [-0.4, -0.2) is 53.5 Å². The second kappa shape index (κ2) is 8.38. The Labute approximate surface area is 154 Å². The highest BCUT2D eigenvalue weighted by Gasteiger charge is 2.32. The van der Waals surface area contributed by atoms with Crippen molar-refractivity contribution in [3.63, 3.8) is 0 Å². The first-order valence-electron chi connectivity index (χ1n) is 9.10. The summed E-state index contributed by atoms with van der Waals surface area (Å²) in [7, 11) is 1.29. The number of carbonyl (C=O) groups excluding carboxylic acids is 3. The lowest BCUT2D eigenvalue weighted by Gasteiger charge is -2.36. The number of likely N-dealkylation sites (tertiary alicyclic amines) is 1. The van der Waals surface area contributed by atoms with E-state index in [0.29, 0.717) is 23.4 Å². The lowest BCUT2D eigenvalue weighted by Crippen LogP contribution is -2.48. The van der Waals surface area contributed by atoms with Crippen molar-refractivity contribution in [3.8, 4) is 0 Å². The molecule has 0 bridgehead atoms. The van der Waals surface area contributed by atoms with Gasteiger partial charge in [-0.1, -0.05) is 6.92 Å². The Kier molecular flexibility index (Phi) is 6.45. The molecule has 1 N–H and O–H groups in total. The van der Waals surface area contributed by atoms with Crippen molar-refractivity contribution >= 4 is 17.8 Å². The third-order valence-electron chi connectivity index (χ3n) is 5.04. The van der Waals surface area contributed by atoms with Gasteiger partial charge in [-0.25, -0.2) is 9.59 Å². The Morgan fingerprint density at radius 1 is 1.23 bits per heavy atom. The van der Waals surface area contributed by atoms with Gasteiger partial charge in [0.2, 0.25) is 0 Å². The quantitative estimate of drug-likeness (QED) is 0.812. The third kappa shape index (κ3) is 3.92. The van der Waals surface area contributed by atoms with E-state index in [4.69, 9.17) is 9.47 Å². The summed E-state index contributed by atoms with van der Waals surface area (Å²) in [5, 5.41) is 0. The van der Waals surface area contributed by atoms with Crippen LogP contribution in [0.5, 0.6) is 0 Å². The number of esters is 2. The number of rotatable bonds is 5. The molecule has 0 aliphatic carbocycles. The molecule has 7 nitrogen and oxygen atoms in total. The van der Waals surface area contributed by atoms with Crippen molar-refractivity contribution in [1.82, 2.24) is 9.88 Å². The zero-order chi connectivity index (χ0) is 19.4. The number of hydrogen-bond donors (Lipinski definition) is 1. The van der Waals surface area contributed by atoms with E-state index in [0.717, 1.165) is 25.7 Å². The molecule has 1 aliphatic heterocycles. The summed E-state index contributed by atoms with van der Waals surface area (Å²) in [5.74, 6) is -1.33. The average Bonchev–Trinajstić information content (AvgIpc) is 2.94. The first-order valence-corrected chi connectivity index (χ1v) is 9.10. The summed E-state index contributed by atoms with van der Waals surface area (Å²) in [5.41, 5.74) is 1.49. The lowest BCUT2D eigenvalue weighted by molar-refractivity contribution is -0.143. The molecule has 26 heavy (non-hydrogen) atoms. The number of ether oxygens (including phenoxy) is 2. The lowest BCUT2D eigenvalue weighted by atomic mass is 9.99. The first-order chi connectivity index (χ1) is 12.3. The van der Waals surface area contributed by atoms with E-state index < -0.39 is 18.0 Å². The smallest absolute Gasteiger partial charge is 0.355 e. The predicted molar refractivity (Wildman–Crippen MR) is 96.1 cm³/mol. The minimum atomic E-state index is -0.876. The molecule has 144 valence electrons. The van der Waals surface area contributed by atoms with E-state index in [9.17, 15) is 14.4 Å². The second-order valence-electron chi connectivity index (χ2n) is 6.75. The molecule has 1 saturated heterocycles. The molecule has 0 radical (unpaired) electrons. The molecular weight excluding hydrogens is 336 g/mol. The fourth-order valence-electron chi connectivity index (χ4n) is 3.58. The SMILES string of the molecule is CC[C@@H]1CCCCN1C(=O)[C@@H](C)OC(=O)c1[nH]c(C)c(C(=O)OC)c1C. The van der Waals surface area contributed by atoms with Gasteiger partial charge in [-0.15, -0.1) is 0 Å². The van der Waals surface area contributed by atoms with Gasteiger partial charge >= 0.3 is 11.9 Å². The van der Waals surface area contributed by atoms with Crippen molar-refractivity contribution in [3.05, 3.63) is 22.5 Å². The van der Waals surface area contributed by atoms with Crippen LogP contribution in [0.3, 0.4) is 0 Å². The standard InChI is InChI=1S/C19H28N2O5/c1-6-14-9-7-8-10-21(14)17(22)13(4)26-19(24)16-11(2)15(12(3)20-16)18(23)25-5/h13-14,20H,6-10H2,1-5H3/t13-,14-/m1/s1. The Balaban J connectivity index is 2.12. The number of methoxy groups -OCH3 is 1. The molecule has 2 heterocycles.